The summed E-state index contributed by atoms with van der Waals surface area (Å²) in [6.45, 7) is -2.50. The van der Waals surface area contributed by atoms with E-state index in [0.29, 0.717) is 12.2 Å². The summed E-state index contributed by atoms with van der Waals surface area (Å²) >= 11 is 0. The molecule has 0 bridgehead atoms. The van der Waals surface area contributed by atoms with E-state index in [-0.39, 0.29) is 11.4 Å². The molecule has 22 heavy (non-hydrogen) atoms. The van der Waals surface area contributed by atoms with Gasteiger partial charge in [-0.05, 0) is 29.8 Å². The van der Waals surface area contributed by atoms with Crippen LogP contribution < -0.4 is 10.1 Å². The lowest BCUT2D eigenvalue weighted by Crippen LogP contribution is -2.14. The Balaban J connectivity index is 2.11. The van der Waals surface area contributed by atoms with Crippen molar-refractivity contribution < 1.29 is 23.0 Å². The van der Waals surface area contributed by atoms with Crippen LogP contribution >= 0.6 is 0 Å². The number of alkyl halides is 2. The van der Waals surface area contributed by atoms with Gasteiger partial charge in [0.2, 0.25) is 0 Å². The number of carbonyl (C=O) groups is 1. The Hall–Kier alpha value is -2.47. The van der Waals surface area contributed by atoms with Gasteiger partial charge < -0.3 is 14.8 Å². The second kappa shape index (κ2) is 7.51. The van der Waals surface area contributed by atoms with E-state index in [0.717, 1.165) is 5.56 Å². The Morgan fingerprint density at radius 1 is 1.14 bits per heavy atom. The third-order valence-electron chi connectivity index (χ3n) is 2.88. The molecule has 0 aliphatic carbocycles. The van der Waals surface area contributed by atoms with E-state index >= 15 is 0 Å². The number of anilines is 1. The molecular formula is C16H15F2NO3. The molecular weight excluding hydrogens is 292 g/mol. The van der Waals surface area contributed by atoms with Crippen LogP contribution in [0.4, 0.5) is 14.5 Å². The van der Waals surface area contributed by atoms with Gasteiger partial charge in [0.15, 0.2) is 0 Å². The number of para-hydroxylation sites is 2. The van der Waals surface area contributed by atoms with Crippen LogP contribution in [-0.4, -0.2) is 19.6 Å². The zero-order chi connectivity index (χ0) is 15.9. The van der Waals surface area contributed by atoms with E-state index in [1.165, 1.54) is 12.1 Å². The third kappa shape index (κ3) is 4.26. The third-order valence-corrected chi connectivity index (χ3v) is 2.88. The van der Waals surface area contributed by atoms with E-state index in [2.05, 4.69) is 10.1 Å². The molecule has 0 radical (unpaired) electrons. The first kappa shape index (κ1) is 15.9. The highest BCUT2D eigenvalue weighted by Crippen LogP contribution is 2.26. The molecule has 0 saturated heterocycles. The quantitative estimate of drug-likeness (QED) is 0.885. The van der Waals surface area contributed by atoms with E-state index < -0.39 is 12.5 Å². The number of hydrogen-bond donors (Lipinski definition) is 1. The van der Waals surface area contributed by atoms with Crippen LogP contribution in [-0.2, 0) is 11.3 Å². The molecule has 0 saturated carbocycles. The molecule has 2 aromatic rings. The van der Waals surface area contributed by atoms with Crippen LogP contribution in [0.25, 0.3) is 0 Å². The molecule has 0 heterocycles. The maximum atomic E-state index is 12.3. The molecule has 4 nitrogen and oxygen atoms in total. The molecule has 0 aliphatic rings. The molecule has 1 N–H and O–H groups in total. The van der Waals surface area contributed by atoms with Crippen molar-refractivity contribution in [1.29, 1.82) is 0 Å². The summed E-state index contributed by atoms with van der Waals surface area (Å²) in [4.78, 5) is 12.1. The van der Waals surface area contributed by atoms with Crippen molar-refractivity contribution in [2.24, 2.45) is 0 Å². The summed E-state index contributed by atoms with van der Waals surface area (Å²) in [5.41, 5.74) is 1.53. The summed E-state index contributed by atoms with van der Waals surface area (Å²) in [6, 6.07) is 12.8. The standard InChI is InChI=1S/C16H15F2NO3/c1-21-10-11-6-8-12(9-7-11)15(20)19-13-4-2-3-5-14(13)22-16(17)18/h2-9,16H,10H2,1H3,(H,19,20). The molecule has 0 fully saturated rings. The van der Waals surface area contributed by atoms with Crippen molar-refractivity contribution in [3.8, 4) is 5.75 Å². The van der Waals surface area contributed by atoms with E-state index in [9.17, 15) is 13.6 Å². The first-order valence-electron chi connectivity index (χ1n) is 6.53. The largest absolute Gasteiger partial charge is 0.433 e. The van der Waals surface area contributed by atoms with Crippen LogP contribution in [0.5, 0.6) is 5.75 Å². The minimum absolute atomic E-state index is 0.0816. The Kier molecular flexibility index (Phi) is 5.43. The smallest absolute Gasteiger partial charge is 0.387 e. The highest BCUT2D eigenvalue weighted by atomic mass is 19.3. The lowest BCUT2D eigenvalue weighted by Gasteiger charge is -2.11. The number of amides is 1. The number of carbonyl (C=O) groups excluding carboxylic acids is 1. The van der Waals surface area contributed by atoms with E-state index in [4.69, 9.17) is 4.74 Å². The average Bonchev–Trinajstić information content (AvgIpc) is 2.50. The monoisotopic (exact) mass is 307 g/mol. The molecule has 1 amide bonds. The number of rotatable bonds is 6. The van der Waals surface area contributed by atoms with Gasteiger partial charge in [-0.15, -0.1) is 0 Å². The number of nitrogens with one attached hydrogen (secondary N) is 1. The molecule has 0 spiro atoms. The molecule has 2 rings (SSSR count). The molecule has 6 heteroatoms. The summed E-state index contributed by atoms with van der Waals surface area (Å²) in [5, 5.41) is 2.56. The number of benzene rings is 2. The van der Waals surface area contributed by atoms with Gasteiger partial charge >= 0.3 is 6.61 Å². The SMILES string of the molecule is COCc1ccc(C(=O)Nc2ccccc2OC(F)F)cc1. The Bertz CT molecular complexity index is 630. The van der Waals surface area contributed by atoms with Gasteiger partial charge in [-0.3, -0.25) is 4.79 Å². The van der Waals surface area contributed by atoms with Crippen molar-refractivity contribution >= 4 is 11.6 Å². The molecule has 116 valence electrons. The number of ether oxygens (including phenoxy) is 2. The zero-order valence-electron chi connectivity index (χ0n) is 11.9. The summed E-state index contributed by atoms with van der Waals surface area (Å²) < 4.78 is 34.0. The van der Waals surface area contributed by atoms with Gasteiger partial charge in [0.1, 0.15) is 5.75 Å². The van der Waals surface area contributed by atoms with Crippen molar-refractivity contribution in [2.45, 2.75) is 13.2 Å². The lowest BCUT2D eigenvalue weighted by molar-refractivity contribution is -0.0493. The maximum Gasteiger partial charge on any atom is 0.387 e. The molecule has 0 unspecified atom stereocenters. The van der Waals surface area contributed by atoms with Crippen molar-refractivity contribution in [3.63, 3.8) is 0 Å². The molecule has 0 atom stereocenters. The Labute approximate surface area is 126 Å². The number of methoxy groups -OCH3 is 1. The maximum absolute atomic E-state index is 12.3. The van der Waals surface area contributed by atoms with Crippen LogP contribution in [0.1, 0.15) is 15.9 Å². The molecule has 2 aromatic carbocycles. The fraction of sp³-hybridized carbons (Fsp3) is 0.188. The minimum atomic E-state index is -2.95. The summed E-state index contributed by atoms with van der Waals surface area (Å²) in [7, 11) is 1.58. The predicted octanol–water partition coefficient (Wildman–Crippen LogP) is 3.69. The van der Waals surface area contributed by atoms with Crippen molar-refractivity contribution in [3.05, 3.63) is 59.7 Å². The number of hydrogen-bond acceptors (Lipinski definition) is 3. The van der Waals surface area contributed by atoms with Crippen LogP contribution in [0, 0.1) is 0 Å². The van der Waals surface area contributed by atoms with Crippen LogP contribution in [0.3, 0.4) is 0 Å². The van der Waals surface area contributed by atoms with E-state index in [1.54, 1.807) is 43.5 Å². The second-order valence-electron chi connectivity index (χ2n) is 4.46. The molecule has 0 aliphatic heterocycles. The Morgan fingerprint density at radius 3 is 2.45 bits per heavy atom. The van der Waals surface area contributed by atoms with Gasteiger partial charge in [0.25, 0.3) is 5.91 Å². The topological polar surface area (TPSA) is 47.6 Å². The average molecular weight is 307 g/mol. The van der Waals surface area contributed by atoms with Crippen molar-refractivity contribution in [2.75, 3.05) is 12.4 Å². The number of halogens is 2. The van der Waals surface area contributed by atoms with Crippen LogP contribution in [0.15, 0.2) is 48.5 Å². The minimum Gasteiger partial charge on any atom is -0.433 e. The van der Waals surface area contributed by atoms with Gasteiger partial charge in [-0.25, -0.2) is 0 Å². The highest BCUT2D eigenvalue weighted by Gasteiger charge is 2.12. The first-order valence-corrected chi connectivity index (χ1v) is 6.53. The van der Waals surface area contributed by atoms with Crippen molar-refractivity contribution in [1.82, 2.24) is 0 Å². The van der Waals surface area contributed by atoms with E-state index in [1.807, 2.05) is 0 Å². The van der Waals surface area contributed by atoms with Gasteiger partial charge in [-0.1, -0.05) is 24.3 Å². The van der Waals surface area contributed by atoms with Gasteiger partial charge in [0, 0.05) is 12.7 Å². The summed E-state index contributed by atoms with van der Waals surface area (Å²) in [6.07, 6.45) is 0. The first-order chi connectivity index (χ1) is 10.6. The van der Waals surface area contributed by atoms with Gasteiger partial charge in [-0.2, -0.15) is 8.78 Å². The zero-order valence-corrected chi connectivity index (χ0v) is 11.9. The second-order valence-corrected chi connectivity index (χ2v) is 4.46. The fourth-order valence-electron chi connectivity index (χ4n) is 1.88. The van der Waals surface area contributed by atoms with Gasteiger partial charge in [0.05, 0.1) is 12.3 Å². The highest BCUT2D eigenvalue weighted by molar-refractivity contribution is 6.05. The Morgan fingerprint density at radius 2 is 1.82 bits per heavy atom. The lowest BCUT2D eigenvalue weighted by atomic mass is 10.1. The molecule has 0 aromatic heterocycles. The van der Waals surface area contributed by atoms with Crippen LogP contribution in [0.2, 0.25) is 0 Å². The predicted molar refractivity (Wildman–Crippen MR) is 78.2 cm³/mol. The summed E-state index contributed by atoms with van der Waals surface area (Å²) in [5.74, 6) is -0.490. The fourth-order valence-corrected chi connectivity index (χ4v) is 1.88. The normalized spacial score (nSPS) is 10.5.